The predicted molar refractivity (Wildman–Crippen MR) is 56.8 cm³/mol. The van der Waals surface area contributed by atoms with Crippen molar-refractivity contribution < 1.29 is 13.9 Å². The topological polar surface area (TPSA) is 46.2 Å². The fraction of sp³-hybridized carbons (Fsp3) is 0.400. The molecule has 0 heterocycles. The largest absolute Gasteiger partial charge is 0.396 e. The second-order valence-corrected chi connectivity index (χ2v) is 4.22. The maximum atomic E-state index is 13.1. The highest BCUT2D eigenvalue weighted by atomic mass is 32.2. The molecule has 0 aliphatic carbocycles. The molecule has 0 bridgehead atoms. The lowest BCUT2D eigenvalue weighted by molar-refractivity contribution is 0.279. The maximum Gasteiger partial charge on any atom is 0.139 e. The number of aliphatic hydroxyl groups is 1. The molecular formula is C10H13F2NOS. The fourth-order valence-corrected chi connectivity index (χ4v) is 1.96. The minimum Gasteiger partial charge on any atom is -0.396 e. The van der Waals surface area contributed by atoms with Crippen molar-refractivity contribution in [3.8, 4) is 0 Å². The Morgan fingerprint density at radius 2 is 2.13 bits per heavy atom. The predicted octanol–water partition coefficient (Wildman–Crippen LogP) is 1.77. The Bertz CT molecular complexity index is 322. The molecule has 84 valence electrons. The van der Waals surface area contributed by atoms with Crippen molar-refractivity contribution in [2.45, 2.75) is 17.4 Å². The van der Waals surface area contributed by atoms with Crippen LogP contribution >= 0.6 is 11.8 Å². The highest BCUT2D eigenvalue weighted by molar-refractivity contribution is 7.99. The van der Waals surface area contributed by atoms with Gasteiger partial charge in [-0.05, 0) is 18.6 Å². The number of benzene rings is 1. The Morgan fingerprint density at radius 3 is 2.73 bits per heavy atom. The molecule has 1 atom stereocenters. The van der Waals surface area contributed by atoms with Gasteiger partial charge >= 0.3 is 0 Å². The third kappa shape index (κ3) is 4.15. The van der Waals surface area contributed by atoms with Gasteiger partial charge in [0, 0.05) is 29.4 Å². The summed E-state index contributed by atoms with van der Waals surface area (Å²) >= 11 is 1.23. The summed E-state index contributed by atoms with van der Waals surface area (Å²) in [5.74, 6) is -0.656. The summed E-state index contributed by atoms with van der Waals surface area (Å²) in [5, 5.41) is 8.61. The van der Waals surface area contributed by atoms with Crippen LogP contribution in [-0.4, -0.2) is 23.5 Å². The standard InChI is InChI=1S/C10H13F2NOS/c11-7-1-2-10(9(12)5-7)15-6-8(13)3-4-14/h1-2,5,8,14H,3-4,6,13H2. The van der Waals surface area contributed by atoms with Crippen LogP contribution in [0.5, 0.6) is 0 Å². The number of nitrogens with two attached hydrogens (primary N) is 1. The van der Waals surface area contributed by atoms with Crippen LogP contribution in [0.3, 0.4) is 0 Å². The number of hydrogen-bond acceptors (Lipinski definition) is 3. The zero-order valence-electron chi connectivity index (χ0n) is 8.12. The SMILES string of the molecule is NC(CCO)CSc1ccc(F)cc1F. The zero-order valence-corrected chi connectivity index (χ0v) is 8.94. The second kappa shape index (κ2) is 6.05. The molecule has 0 saturated heterocycles. The van der Waals surface area contributed by atoms with Crippen LogP contribution in [0.15, 0.2) is 23.1 Å². The van der Waals surface area contributed by atoms with Gasteiger partial charge in [0.25, 0.3) is 0 Å². The van der Waals surface area contributed by atoms with Crippen molar-refractivity contribution in [1.29, 1.82) is 0 Å². The molecule has 0 saturated carbocycles. The van der Waals surface area contributed by atoms with Gasteiger partial charge in [0.1, 0.15) is 11.6 Å². The van der Waals surface area contributed by atoms with Gasteiger partial charge in [-0.1, -0.05) is 0 Å². The summed E-state index contributed by atoms with van der Waals surface area (Å²) in [7, 11) is 0. The molecule has 1 aromatic rings. The van der Waals surface area contributed by atoms with Gasteiger partial charge in [0.15, 0.2) is 0 Å². The number of aliphatic hydroxyl groups excluding tert-OH is 1. The fourth-order valence-electron chi connectivity index (χ4n) is 1.04. The van der Waals surface area contributed by atoms with E-state index in [-0.39, 0.29) is 12.6 Å². The van der Waals surface area contributed by atoms with E-state index in [1.807, 2.05) is 0 Å². The third-order valence-electron chi connectivity index (χ3n) is 1.85. The summed E-state index contributed by atoms with van der Waals surface area (Å²) in [6.45, 7) is 0.0215. The van der Waals surface area contributed by atoms with Crippen molar-refractivity contribution in [3.05, 3.63) is 29.8 Å². The van der Waals surface area contributed by atoms with Crippen LogP contribution in [0.25, 0.3) is 0 Å². The molecule has 0 amide bonds. The van der Waals surface area contributed by atoms with Crippen LogP contribution in [0, 0.1) is 11.6 Å². The summed E-state index contributed by atoms with van der Waals surface area (Å²) < 4.78 is 25.7. The first-order valence-electron chi connectivity index (χ1n) is 4.57. The molecule has 3 N–H and O–H groups in total. The molecule has 0 aliphatic rings. The summed E-state index contributed by atoms with van der Waals surface area (Å²) in [5.41, 5.74) is 5.63. The van der Waals surface area contributed by atoms with Gasteiger partial charge in [-0.3, -0.25) is 0 Å². The molecule has 5 heteroatoms. The van der Waals surface area contributed by atoms with E-state index in [0.29, 0.717) is 17.1 Å². The van der Waals surface area contributed by atoms with E-state index in [1.165, 1.54) is 23.9 Å². The zero-order chi connectivity index (χ0) is 11.3. The average Bonchev–Trinajstić information content (AvgIpc) is 2.17. The Morgan fingerprint density at radius 1 is 1.40 bits per heavy atom. The molecule has 0 aliphatic heterocycles. The minimum absolute atomic E-state index is 0.0215. The summed E-state index contributed by atoms with van der Waals surface area (Å²) in [6.07, 6.45) is 0.482. The van der Waals surface area contributed by atoms with E-state index in [4.69, 9.17) is 10.8 Å². The number of halogens is 2. The first kappa shape index (κ1) is 12.4. The molecule has 0 fully saturated rings. The Hall–Kier alpha value is -0.650. The van der Waals surface area contributed by atoms with Crippen molar-refractivity contribution in [1.82, 2.24) is 0 Å². The molecular weight excluding hydrogens is 220 g/mol. The van der Waals surface area contributed by atoms with Crippen molar-refractivity contribution in [3.63, 3.8) is 0 Å². The molecule has 15 heavy (non-hydrogen) atoms. The molecule has 1 aromatic carbocycles. The second-order valence-electron chi connectivity index (χ2n) is 3.16. The van der Waals surface area contributed by atoms with Crippen LogP contribution in [0.2, 0.25) is 0 Å². The van der Waals surface area contributed by atoms with Crippen LogP contribution in [-0.2, 0) is 0 Å². The van der Waals surface area contributed by atoms with E-state index in [2.05, 4.69) is 0 Å². The van der Waals surface area contributed by atoms with E-state index in [9.17, 15) is 8.78 Å². The number of thioether (sulfide) groups is 1. The van der Waals surface area contributed by atoms with Gasteiger partial charge in [0.2, 0.25) is 0 Å². The normalized spacial score (nSPS) is 12.8. The molecule has 2 nitrogen and oxygen atoms in total. The highest BCUT2D eigenvalue weighted by Gasteiger charge is 2.07. The first-order valence-corrected chi connectivity index (χ1v) is 5.56. The van der Waals surface area contributed by atoms with Gasteiger partial charge < -0.3 is 10.8 Å². The van der Waals surface area contributed by atoms with Crippen molar-refractivity contribution in [2.24, 2.45) is 5.73 Å². The van der Waals surface area contributed by atoms with Gasteiger partial charge in [-0.15, -0.1) is 11.8 Å². The third-order valence-corrected chi connectivity index (χ3v) is 3.08. The van der Waals surface area contributed by atoms with Crippen LogP contribution in [0.1, 0.15) is 6.42 Å². The summed E-state index contributed by atoms with van der Waals surface area (Å²) in [6, 6.07) is 3.27. The lowest BCUT2D eigenvalue weighted by atomic mass is 10.3. The maximum absolute atomic E-state index is 13.1. The van der Waals surface area contributed by atoms with Gasteiger partial charge in [-0.2, -0.15) is 0 Å². The van der Waals surface area contributed by atoms with Crippen LogP contribution in [0.4, 0.5) is 8.78 Å². The van der Waals surface area contributed by atoms with Gasteiger partial charge in [-0.25, -0.2) is 8.78 Å². The quantitative estimate of drug-likeness (QED) is 0.762. The molecule has 0 radical (unpaired) electrons. The molecule has 0 aromatic heterocycles. The van der Waals surface area contributed by atoms with Crippen molar-refractivity contribution >= 4 is 11.8 Å². The Labute approximate surface area is 91.5 Å². The molecule has 1 unspecified atom stereocenters. The van der Waals surface area contributed by atoms with E-state index < -0.39 is 11.6 Å². The van der Waals surface area contributed by atoms with Gasteiger partial charge in [0.05, 0.1) is 0 Å². The van der Waals surface area contributed by atoms with E-state index in [1.54, 1.807) is 0 Å². The summed E-state index contributed by atoms with van der Waals surface area (Å²) in [4.78, 5) is 0.379. The smallest absolute Gasteiger partial charge is 0.139 e. The van der Waals surface area contributed by atoms with E-state index >= 15 is 0 Å². The Kier molecular flexibility index (Phi) is 5.01. The monoisotopic (exact) mass is 233 g/mol. The highest BCUT2D eigenvalue weighted by Crippen LogP contribution is 2.22. The lowest BCUT2D eigenvalue weighted by Gasteiger charge is -2.09. The number of rotatable bonds is 5. The first-order chi connectivity index (χ1) is 7.13. The Balaban J connectivity index is 2.50. The molecule has 0 spiro atoms. The van der Waals surface area contributed by atoms with Crippen LogP contribution < -0.4 is 5.73 Å². The molecule has 1 rings (SSSR count). The van der Waals surface area contributed by atoms with E-state index in [0.717, 1.165) is 6.07 Å². The minimum atomic E-state index is -0.587. The average molecular weight is 233 g/mol. The lowest BCUT2D eigenvalue weighted by Crippen LogP contribution is -2.23. The van der Waals surface area contributed by atoms with Crippen molar-refractivity contribution in [2.75, 3.05) is 12.4 Å². The number of hydrogen-bond donors (Lipinski definition) is 2.